The molecule has 0 amide bonds. The zero-order chi connectivity index (χ0) is 23.3. The van der Waals surface area contributed by atoms with E-state index < -0.39 is 0 Å². The van der Waals surface area contributed by atoms with Crippen LogP contribution in [0.25, 0.3) is 16.6 Å². The largest absolute Gasteiger partial charge is 0.369 e. The molecule has 3 heterocycles. The van der Waals surface area contributed by atoms with E-state index in [0.29, 0.717) is 5.56 Å². The summed E-state index contributed by atoms with van der Waals surface area (Å²) >= 11 is 0. The molecule has 7 nitrogen and oxygen atoms in total. The molecule has 5 rings (SSSR count). The van der Waals surface area contributed by atoms with Gasteiger partial charge in [0.15, 0.2) is 0 Å². The zero-order valence-corrected chi connectivity index (χ0v) is 19.2. The summed E-state index contributed by atoms with van der Waals surface area (Å²) in [7, 11) is 0. The summed E-state index contributed by atoms with van der Waals surface area (Å²) in [4.78, 5) is 24.1. The molecule has 1 fully saturated rings. The van der Waals surface area contributed by atoms with Crippen molar-refractivity contribution in [2.75, 3.05) is 37.6 Å². The van der Waals surface area contributed by atoms with E-state index in [9.17, 15) is 4.79 Å². The fourth-order valence-electron chi connectivity index (χ4n) is 4.72. The van der Waals surface area contributed by atoms with Crippen molar-refractivity contribution < 1.29 is 0 Å². The molecule has 1 saturated heterocycles. The maximum absolute atomic E-state index is 12.0. The summed E-state index contributed by atoms with van der Waals surface area (Å²) in [5.41, 5.74) is 5.04. The third-order valence-electron chi connectivity index (χ3n) is 6.66. The Morgan fingerprint density at radius 2 is 1.79 bits per heavy atom. The number of nitrogens with one attached hydrogen (secondary N) is 1. The minimum absolute atomic E-state index is 0.125. The molecular formula is C27H28N6O. The molecule has 34 heavy (non-hydrogen) atoms. The number of nitrogens with zero attached hydrogens (tertiary/aromatic N) is 5. The highest BCUT2D eigenvalue weighted by atomic mass is 16.1. The van der Waals surface area contributed by atoms with E-state index in [4.69, 9.17) is 5.26 Å². The van der Waals surface area contributed by atoms with Gasteiger partial charge in [0.25, 0.3) is 5.56 Å². The van der Waals surface area contributed by atoms with Crippen LogP contribution in [0.15, 0.2) is 72.0 Å². The number of H-pyrrole nitrogens is 1. The van der Waals surface area contributed by atoms with E-state index in [0.717, 1.165) is 56.8 Å². The van der Waals surface area contributed by atoms with Gasteiger partial charge in [-0.25, -0.2) is 0 Å². The van der Waals surface area contributed by atoms with E-state index >= 15 is 0 Å². The second-order valence-electron chi connectivity index (χ2n) is 8.77. The average molecular weight is 453 g/mol. The Morgan fingerprint density at radius 3 is 2.56 bits per heavy atom. The highest BCUT2D eigenvalue weighted by Gasteiger charge is 2.17. The summed E-state index contributed by atoms with van der Waals surface area (Å²) in [6.45, 7) is 5.25. The number of hydrogen-bond acceptors (Lipinski definition) is 5. The van der Waals surface area contributed by atoms with Crippen LogP contribution in [-0.2, 0) is 6.42 Å². The van der Waals surface area contributed by atoms with Crippen LogP contribution in [0.2, 0.25) is 0 Å². The van der Waals surface area contributed by atoms with Crippen LogP contribution >= 0.6 is 0 Å². The first-order valence-corrected chi connectivity index (χ1v) is 11.8. The average Bonchev–Trinajstić information content (AvgIpc) is 3.29. The minimum atomic E-state index is -0.125. The number of anilines is 1. The van der Waals surface area contributed by atoms with E-state index in [-0.39, 0.29) is 5.56 Å². The molecule has 4 aromatic rings. The van der Waals surface area contributed by atoms with Crippen molar-refractivity contribution in [1.82, 2.24) is 19.4 Å². The van der Waals surface area contributed by atoms with Gasteiger partial charge in [0.05, 0.1) is 17.8 Å². The smallest absolute Gasteiger partial charge is 0.273 e. The van der Waals surface area contributed by atoms with Crippen molar-refractivity contribution in [1.29, 1.82) is 5.26 Å². The van der Waals surface area contributed by atoms with Gasteiger partial charge in [-0.05, 0) is 73.8 Å². The van der Waals surface area contributed by atoms with Crippen molar-refractivity contribution in [3.63, 3.8) is 0 Å². The standard InChI is InChI=1S/C27H28N6O/c28-18-21-4-9-26-25(17-21)22(19-30-26)3-1-2-11-31-13-15-32(16-14-31)23-5-7-24(8-6-23)33-12-10-29-20-27(33)34/h4-10,12,17,19-20,30H,1-3,11,13-16H2. The van der Waals surface area contributed by atoms with Crippen LogP contribution in [0, 0.1) is 11.3 Å². The number of rotatable bonds is 7. The van der Waals surface area contributed by atoms with Crippen LogP contribution in [0.5, 0.6) is 0 Å². The maximum Gasteiger partial charge on any atom is 0.273 e. The minimum Gasteiger partial charge on any atom is -0.369 e. The van der Waals surface area contributed by atoms with Crippen molar-refractivity contribution in [3.05, 3.63) is 88.7 Å². The van der Waals surface area contributed by atoms with E-state index in [1.165, 1.54) is 29.3 Å². The van der Waals surface area contributed by atoms with Gasteiger partial charge in [-0.2, -0.15) is 5.26 Å². The Bertz CT molecular complexity index is 1360. The third kappa shape index (κ3) is 4.73. The lowest BCUT2D eigenvalue weighted by Crippen LogP contribution is -2.46. The van der Waals surface area contributed by atoms with Crippen molar-refractivity contribution in [3.8, 4) is 11.8 Å². The van der Waals surface area contributed by atoms with Crippen molar-refractivity contribution >= 4 is 16.6 Å². The molecule has 0 bridgehead atoms. The normalized spacial score (nSPS) is 14.4. The van der Waals surface area contributed by atoms with Gasteiger partial charge < -0.3 is 9.88 Å². The molecule has 172 valence electrons. The number of nitriles is 1. The van der Waals surface area contributed by atoms with Crippen LogP contribution in [0.3, 0.4) is 0 Å². The Balaban J connectivity index is 1.09. The van der Waals surface area contributed by atoms with Crippen LogP contribution in [0.1, 0.15) is 24.0 Å². The second kappa shape index (κ2) is 9.94. The molecule has 0 saturated carbocycles. The fraction of sp³-hybridized carbons (Fsp3) is 0.296. The van der Waals surface area contributed by atoms with Crippen molar-refractivity contribution in [2.24, 2.45) is 0 Å². The lowest BCUT2D eigenvalue weighted by atomic mass is 10.1. The summed E-state index contributed by atoms with van der Waals surface area (Å²) in [5, 5.41) is 10.3. The Kier molecular flexibility index (Phi) is 6.41. The molecule has 0 unspecified atom stereocenters. The first-order chi connectivity index (χ1) is 16.7. The van der Waals surface area contributed by atoms with Gasteiger partial charge in [-0.3, -0.25) is 19.2 Å². The number of piperazine rings is 1. The molecule has 2 aromatic carbocycles. The number of unbranched alkanes of at least 4 members (excludes halogenated alkanes) is 1. The third-order valence-corrected chi connectivity index (χ3v) is 6.66. The molecular weight excluding hydrogens is 424 g/mol. The fourth-order valence-corrected chi connectivity index (χ4v) is 4.72. The molecule has 1 N–H and O–H groups in total. The summed E-state index contributed by atoms with van der Waals surface area (Å²) in [5.74, 6) is 0. The number of aryl methyl sites for hydroxylation is 1. The summed E-state index contributed by atoms with van der Waals surface area (Å²) < 4.78 is 1.60. The number of hydrogen-bond donors (Lipinski definition) is 1. The quantitative estimate of drug-likeness (QED) is 0.432. The predicted octanol–water partition coefficient (Wildman–Crippen LogP) is 3.73. The molecule has 1 aliphatic heterocycles. The Morgan fingerprint density at radius 1 is 1.00 bits per heavy atom. The van der Waals surface area contributed by atoms with Gasteiger partial charge in [0.2, 0.25) is 0 Å². The van der Waals surface area contributed by atoms with E-state index in [2.05, 4.69) is 44.2 Å². The molecule has 0 spiro atoms. The lowest BCUT2D eigenvalue weighted by Gasteiger charge is -2.36. The molecule has 0 radical (unpaired) electrons. The summed E-state index contributed by atoms with van der Waals surface area (Å²) in [6, 6.07) is 16.2. The Hall–Kier alpha value is -3.89. The molecule has 0 aliphatic carbocycles. The number of fused-ring (bicyclic) bond motifs is 1. The van der Waals surface area contributed by atoms with Gasteiger partial charge in [0.1, 0.15) is 0 Å². The predicted molar refractivity (Wildman–Crippen MR) is 134 cm³/mol. The van der Waals surface area contributed by atoms with Gasteiger partial charge in [0, 0.05) is 67.0 Å². The lowest BCUT2D eigenvalue weighted by molar-refractivity contribution is 0.253. The SMILES string of the molecule is N#Cc1ccc2[nH]cc(CCCCN3CCN(c4ccc(-n5ccncc5=O)cc4)CC3)c2c1. The number of aromatic amines is 1. The Labute approximate surface area is 198 Å². The highest BCUT2D eigenvalue weighted by Crippen LogP contribution is 2.22. The molecule has 0 atom stereocenters. The number of benzene rings is 2. The second-order valence-corrected chi connectivity index (χ2v) is 8.77. The first-order valence-electron chi connectivity index (χ1n) is 11.8. The van der Waals surface area contributed by atoms with Gasteiger partial charge in [-0.15, -0.1) is 0 Å². The van der Waals surface area contributed by atoms with Crippen LogP contribution in [-0.4, -0.2) is 52.2 Å². The maximum atomic E-state index is 12.0. The van der Waals surface area contributed by atoms with E-state index in [1.54, 1.807) is 17.0 Å². The molecule has 1 aliphatic rings. The zero-order valence-electron chi connectivity index (χ0n) is 19.2. The topological polar surface area (TPSA) is 81.0 Å². The van der Waals surface area contributed by atoms with Crippen molar-refractivity contribution in [2.45, 2.75) is 19.3 Å². The monoisotopic (exact) mass is 452 g/mol. The highest BCUT2D eigenvalue weighted by molar-refractivity contribution is 5.84. The van der Waals surface area contributed by atoms with Gasteiger partial charge >= 0.3 is 0 Å². The number of aromatic nitrogens is 3. The van der Waals surface area contributed by atoms with Crippen LogP contribution < -0.4 is 10.5 Å². The van der Waals surface area contributed by atoms with Crippen LogP contribution in [0.4, 0.5) is 5.69 Å². The first kappa shape index (κ1) is 21.9. The summed E-state index contributed by atoms with van der Waals surface area (Å²) in [6.07, 6.45) is 10.1. The molecule has 2 aromatic heterocycles. The van der Waals surface area contributed by atoms with Gasteiger partial charge in [-0.1, -0.05) is 0 Å². The molecule has 7 heteroatoms. The van der Waals surface area contributed by atoms with E-state index in [1.807, 2.05) is 30.3 Å².